The first-order valence-electron chi connectivity index (χ1n) is 8.99. The fourth-order valence-electron chi connectivity index (χ4n) is 4.16. The van der Waals surface area contributed by atoms with Crippen LogP contribution < -0.4 is 10.6 Å². The fourth-order valence-corrected chi connectivity index (χ4v) is 4.16. The van der Waals surface area contributed by atoms with Crippen LogP contribution >= 0.6 is 0 Å². The molecule has 0 radical (unpaired) electrons. The van der Waals surface area contributed by atoms with E-state index in [9.17, 15) is 0 Å². The molecule has 0 spiro atoms. The summed E-state index contributed by atoms with van der Waals surface area (Å²) in [4.78, 5) is 2.69. The summed E-state index contributed by atoms with van der Waals surface area (Å²) in [5, 5.41) is 6.63. The van der Waals surface area contributed by atoms with Crippen LogP contribution in [-0.2, 0) is 5.41 Å². The third-order valence-electron chi connectivity index (χ3n) is 5.59. The zero-order valence-electron chi connectivity index (χ0n) is 15.9. The summed E-state index contributed by atoms with van der Waals surface area (Å²) in [5.41, 5.74) is 3.01. The Kier molecular flexibility index (Phi) is 5.74. The Morgan fingerprint density at radius 1 is 1.00 bits per heavy atom. The first-order chi connectivity index (χ1) is 10.8. The van der Waals surface area contributed by atoms with Crippen LogP contribution in [0, 0.1) is 0 Å². The number of piperidine rings is 1. The van der Waals surface area contributed by atoms with Crippen molar-refractivity contribution in [2.75, 3.05) is 32.5 Å². The lowest BCUT2D eigenvalue weighted by Gasteiger charge is -2.46. The average Bonchev–Trinajstić information content (AvgIpc) is 2.54. The molecule has 0 atom stereocenters. The number of hydrogen-bond donors (Lipinski definition) is 2. The maximum absolute atomic E-state index is 3.43. The molecule has 1 saturated heterocycles. The summed E-state index contributed by atoms with van der Waals surface area (Å²) in [6, 6.07) is 9.61. The molecule has 1 aliphatic rings. The molecule has 1 aromatic carbocycles. The second-order valence-electron chi connectivity index (χ2n) is 8.25. The second kappa shape index (κ2) is 7.23. The Morgan fingerprint density at radius 2 is 1.57 bits per heavy atom. The molecule has 0 amide bonds. The highest BCUT2D eigenvalue weighted by atomic mass is 15.2. The van der Waals surface area contributed by atoms with E-state index in [2.05, 4.69) is 74.5 Å². The molecule has 3 heteroatoms. The van der Waals surface area contributed by atoms with Crippen LogP contribution in [0.25, 0.3) is 0 Å². The Bertz CT molecular complexity index is 482. The third kappa shape index (κ3) is 4.48. The number of hydrogen-bond acceptors (Lipinski definition) is 3. The van der Waals surface area contributed by atoms with Gasteiger partial charge in [0.15, 0.2) is 0 Å². The van der Waals surface area contributed by atoms with E-state index in [1.165, 1.54) is 43.6 Å². The monoisotopic (exact) mass is 317 g/mol. The molecule has 23 heavy (non-hydrogen) atoms. The van der Waals surface area contributed by atoms with Gasteiger partial charge in [-0.15, -0.1) is 0 Å². The summed E-state index contributed by atoms with van der Waals surface area (Å²) < 4.78 is 0. The number of rotatable bonds is 6. The van der Waals surface area contributed by atoms with Crippen molar-refractivity contribution in [3.05, 3.63) is 29.8 Å². The van der Waals surface area contributed by atoms with E-state index in [1.54, 1.807) is 0 Å². The van der Waals surface area contributed by atoms with Crippen molar-refractivity contribution >= 4 is 5.69 Å². The SMILES string of the molecule is CNc1ccc(C(C)(C)CC(C)(C)N2CCC(NC)CC2)cc1. The molecule has 1 heterocycles. The van der Waals surface area contributed by atoms with Gasteiger partial charge in [0.2, 0.25) is 0 Å². The Labute approximate surface area is 142 Å². The number of benzene rings is 1. The van der Waals surface area contributed by atoms with Gasteiger partial charge in [-0.25, -0.2) is 0 Å². The predicted molar refractivity (Wildman–Crippen MR) is 101 cm³/mol. The number of nitrogens with one attached hydrogen (secondary N) is 2. The van der Waals surface area contributed by atoms with Crippen LogP contribution in [0.2, 0.25) is 0 Å². The molecule has 0 aromatic heterocycles. The van der Waals surface area contributed by atoms with Crippen molar-refractivity contribution in [1.82, 2.24) is 10.2 Å². The molecule has 130 valence electrons. The minimum absolute atomic E-state index is 0.176. The summed E-state index contributed by atoms with van der Waals surface area (Å²) in [6.45, 7) is 12.0. The highest BCUT2D eigenvalue weighted by molar-refractivity contribution is 5.45. The van der Waals surface area contributed by atoms with Crippen molar-refractivity contribution < 1.29 is 0 Å². The van der Waals surface area contributed by atoms with Gasteiger partial charge in [0, 0.05) is 37.4 Å². The largest absolute Gasteiger partial charge is 0.388 e. The molecule has 0 unspecified atom stereocenters. The lowest BCUT2D eigenvalue weighted by atomic mass is 9.74. The van der Waals surface area contributed by atoms with Crippen LogP contribution in [0.4, 0.5) is 5.69 Å². The van der Waals surface area contributed by atoms with Gasteiger partial charge in [0.25, 0.3) is 0 Å². The van der Waals surface area contributed by atoms with Gasteiger partial charge in [0.05, 0.1) is 0 Å². The number of anilines is 1. The molecule has 2 rings (SSSR count). The number of likely N-dealkylation sites (tertiary alicyclic amines) is 1. The molecule has 1 fully saturated rings. The lowest BCUT2D eigenvalue weighted by molar-refractivity contribution is 0.0618. The summed E-state index contributed by atoms with van der Waals surface area (Å²) in [5.74, 6) is 0. The maximum Gasteiger partial charge on any atom is 0.0337 e. The van der Waals surface area contributed by atoms with E-state index >= 15 is 0 Å². The molecule has 2 N–H and O–H groups in total. The predicted octanol–water partition coefficient (Wildman–Crippen LogP) is 3.86. The first kappa shape index (κ1) is 18.3. The minimum Gasteiger partial charge on any atom is -0.388 e. The molecule has 0 aliphatic carbocycles. The van der Waals surface area contributed by atoms with Crippen LogP contribution in [-0.4, -0.2) is 43.7 Å². The van der Waals surface area contributed by atoms with Crippen molar-refractivity contribution in [3.63, 3.8) is 0 Å². The normalized spacial score (nSPS) is 18.2. The highest BCUT2D eigenvalue weighted by Crippen LogP contribution is 2.36. The molecule has 0 bridgehead atoms. The van der Waals surface area contributed by atoms with Gasteiger partial charge in [-0.3, -0.25) is 4.90 Å². The van der Waals surface area contributed by atoms with Crippen LogP contribution in [0.15, 0.2) is 24.3 Å². The second-order valence-corrected chi connectivity index (χ2v) is 8.25. The van der Waals surface area contributed by atoms with Gasteiger partial charge in [-0.1, -0.05) is 26.0 Å². The zero-order chi connectivity index (χ0) is 17.1. The summed E-state index contributed by atoms with van der Waals surface area (Å²) in [7, 11) is 4.06. The molecular formula is C20H35N3. The van der Waals surface area contributed by atoms with E-state index in [1.807, 2.05) is 7.05 Å². The molecule has 1 aromatic rings. The maximum atomic E-state index is 3.43. The standard InChI is InChI=1S/C20H35N3/c1-19(2,16-7-9-17(21-5)10-8-16)15-20(3,4)23-13-11-18(22-6)12-14-23/h7-10,18,21-22H,11-15H2,1-6H3. The van der Waals surface area contributed by atoms with Gasteiger partial charge >= 0.3 is 0 Å². The fraction of sp³-hybridized carbons (Fsp3) is 0.700. The summed E-state index contributed by atoms with van der Waals surface area (Å²) in [6.07, 6.45) is 3.69. The molecule has 1 aliphatic heterocycles. The number of nitrogens with zero attached hydrogens (tertiary/aromatic N) is 1. The molecular weight excluding hydrogens is 282 g/mol. The van der Waals surface area contributed by atoms with Crippen molar-refractivity contribution in [1.29, 1.82) is 0 Å². The van der Waals surface area contributed by atoms with E-state index < -0.39 is 0 Å². The van der Waals surface area contributed by atoms with Crippen LogP contribution in [0.3, 0.4) is 0 Å². The van der Waals surface area contributed by atoms with E-state index in [0.29, 0.717) is 6.04 Å². The van der Waals surface area contributed by atoms with Crippen molar-refractivity contribution in [2.45, 2.75) is 64.0 Å². The lowest BCUT2D eigenvalue weighted by Crippen LogP contribution is -2.52. The first-order valence-corrected chi connectivity index (χ1v) is 8.99. The highest BCUT2D eigenvalue weighted by Gasteiger charge is 2.36. The smallest absolute Gasteiger partial charge is 0.0337 e. The molecule has 0 saturated carbocycles. The van der Waals surface area contributed by atoms with Crippen molar-refractivity contribution in [2.24, 2.45) is 0 Å². The summed E-state index contributed by atoms with van der Waals surface area (Å²) >= 11 is 0. The Morgan fingerprint density at radius 3 is 2.04 bits per heavy atom. The topological polar surface area (TPSA) is 27.3 Å². The van der Waals surface area contributed by atoms with Gasteiger partial charge in [-0.05, 0) is 63.3 Å². The van der Waals surface area contributed by atoms with Crippen LogP contribution in [0.1, 0.15) is 52.5 Å². The average molecular weight is 318 g/mol. The quantitative estimate of drug-likeness (QED) is 0.834. The Hall–Kier alpha value is -1.06. The zero-order valence-corrected chi connectivity index (χ0v) is 15.9. The van der Waals surface area contributed by atoms with E-state index in [4.69, 9.17) is 0 Å². The van der Waals surface area contributed by atoms with Crippen LogP contribution in [0.5, 0.6) is 0 Å². The molecule has 3 nitrogen and oxygen atoms in total. The van der Waals surface area contributed by atoms with E-state index in [0.717, 1.165) is 0 Å². The Balaban J connectivity index is 2.05. The van der Waals surface area contributed by atoms with Gasteiger partial charge in [-0.2, -0.15) is 0 Å². The van der Waals surface area contributed by atoms with Crippen molar-refractivity contribution in [3.8, 4) is 0 Å². The van der Waals surface area contributed by atoms with E-state index in [-0.39, 0.29) is 11.0 Å². The third-order valence-corrected chi connectivity index (χ3v) is 5.59. The minimum atomic E-state index is 0.176. The van der Waals surface area contributed by atoms with Gasteiger partial charge in [0.1, 0.15) is 0 Å². The van der Waals surface area contributed by atoms with Gasteiger partial charge < -0.3 is 10.6 Å².